The molecule has 0 aliphatic carbocycles. The first-order valence-corrected chi connectivity index (χ1v) is 4.71. The van der Waals surface area contributed by atoms with E-state index in [0.29, 0.717) is 11.3 Å². The molecule has 0 atom stereocenters. The van der Waals surface area contributed by atoms with Gasteiger partial charge in [0, 0.05) is 6.07 Å². The van der Waals surface area contributed by atoms with E-state index in [2.05, 4.69) is 0 Å². The number of halogens is 1. The fourth-order valence-corrected chi connectivity index (χ4v) is 1.34. The predicted molar refractivity (Wildman–Crippen MR) is 57.0 cm³/mol. The molecule has 15 heavy (non-hydrogen) atoms. The Balaban J connectivity index is 3.17. The minimum absolute atomic E-state index is 0.0527. The first-order valence-electron chi connectivity index (χ1n) is 4.71. The molecule has 0 heterocycles. The van der Waals surface area contributed by atoms with Crippen molar-refractivity contribution in [3.8, 4) is 11.5 Å². The summed E-state index contributed by atoms with van der Waals surface area (Å²) in [6.07, 6.45) is 0. The normalized spacial score (nSPS) is 10.3. The number of hydrogen-bond acceptors (Lipinski definition) is 3. The van der Waals surface area contributed by atoms with Gasteiger partial charge in [-0.3, -0.25) is 0 Å². The quantitative estimate of drug-likeness (QED) is 0.770. The second-order valence-electron chi connectivity index (χ2n) is 3.45. The minimum atomic E-state index is -0.459. The van der Waals surface area contributed by atoms with Gasteiger partial charge in [-0.15, -0.1) is 0 Å². The van der Waals surface area contributed by atoms with Gasteiger partial charge in [0.2, 0.25) is 0 Å². The molecule has 0 aromatic heterocycles. The van der Waals surface area contributed by atoms with Crippen LogP contribution in [0.25, 0.3) is 0 Å². The summed E-state index contributed by atoms with van der Waals surface area (Å²) in [6, 6.07) is 2.81. The van der Waals surface area contributed by atoms with Gasteiger partial charge in [0.25, 0.3) is 0 Å². The SMILES string of the molecule is COc1cc(F)c(C(C)C)cc1OBO. The van der Waals surface area contributed by atoms with E-state index in [1.165, 1.54) is 13.2 Å². The highest BCUT2D eigenvalue weighted by Crippen LogP contribution is 2.32. The molecule has 0 aliphatic heterocycles. The highest BCUT2D eigenvalue weighted by molar-refractivity contribution is 6.17. The molecular formula is C10H14BFO3. The molecule has 0 spiro atoms. The van der Waals surface area contributed by atoms with Gasteiger partial charge in [0.05, 0.1) is 7.11 Å². The van der Waals surface area contributed by atoms with Gasteiger partial charge in [-0.25, -0.2) is 4.39 Å². The average molecular weight is 212 g/mol. The molecule has 1 N–H and O–H groups in total. The third-order valence-corrected chi connectivity index (χ3v) is 2.13. The van der Waals surface area contributed by atoms with E-state index in [-0.39, 0.29) is 17.5 Å². The summed E-state index contributed by atoms with van der Waals surface area (Å²) in [5.74, 6) is 0.361. The lowest BCUT2D eigenvalue weighted by molar-refractivity contribution is 0.377. The van der Waals surface area contributed by atoms with Crippen molar-refractivity contribution in [1.29, 1.82) is 0 Å². The maximum atomic E-state index is 13.5. The molecule has 3 nitrogen and oxygen atoms in total. The van der Waals surface area contributed by atoms with Crippen molar-refractivity contribution >= 4 is 7.69 Å². The lowest BCUT2D eigenvalue weighted by atomic mass is 10.0. The Hall–Kier alpha value is -1.23. The number of hydrogen-bond donors (Lipinski definition) is 1. The summed E-state index contributed by atoms with van der Waals surface area (Å²) in [7, 11) is 0.966. The van der Waals surface area contributed by atoms with Gasteiger partial charge in [-0.2, -0.15) is 0 Å². The molecule has 0 saturated carbocycles. The predicted octanol–water partition coefficient (Wildman–Crippen LogP) is 1.60. The fraction of sp³-hybridized carbons (Fsp3) is 0.400. The van der Waals surface area contributed by atoms with Crippen LogP contribution in [0.15, 0.2) is 12.1 Å². The molecule has 0 bridgehead atoms. The molecule has 0 fully saturated rings. The summed E-state index contributed by atoms with van der Waals surface area (Å²) in [4.78, 5) is 0. The third kappa shape index (κ3) is 2.62. The summed E-state index contributed by atoms with van der Waals surface area (Å²) in [5, 5.41) is 8.67. The molecule has 0 unspecified atom stereocenters. The monoisotopic (exact) mass is 212 g/mol. The first kappa shape index (κ1) is 11.8. The van der Waals surface area contributed by atoms with Crippen molar-refractivity contribution < 1.29 is 18.8 Å². The second kappa shape index (κ2) is 5.02. The van der Waals surface area contributed by atoms with Crippen LogP contribution < -0.4 is 9.39 Å². The molecule has 0 saturated heterocycles. The van der Waals surface area contributed by atoms with Crippen molar-refractivity contribution in [1.82, 2.24) is 0 Å². The lowest BCUT2D eigenvalue weighted by Crippen LogP contribution is -2.04. The molecule has 82 valence electrons. The zero-order valence-corrected chi connectivity index (χ0v) is 9.08. The Kier molecular flexibility index (Phi) is 3.97. The Morgan fingerprint density at radius 1 is 1.33 bits per heavy atom. The highest BCUT2D eigenvalue weighted by atomic mass is 19.1. The van der Waals surface area contributed by atoms with Crippen molar-refractivity contribution in [3.63, 3.8) is 0 Å². The zero-order valence-electron chi connectivity index (χ0n) is 9.08. The molecule has 1 aromatic rings. The maximum absolute atomic E-state index is 13.5. The van der Waals surface area contributed by atoms with Crippen LogP contribution in [0.3, 0.4) is 0 Å². The second-order valence-corrected chi connectivity index (χ2v) is 3.45. The summed E-state index contributed by atoms with van der Waals surface area (Å²) in [5.41, 5.74) is 0.541. The topological polar surface area (TPSA) is 38.7 Å². The molecule has 0 radical (unpaired) electrons. The van der Waals surface area contributed by atoms with Crippen LogP contribution in [0.4, 0.5) is 4.39 Å². The van der Waals surface area contributed by atoms with Gasteiger partial charge in [0.15, 0.2) is 5.75 Å². The Bertz CT molecular complexity index is 342. The van der Waals surface area contributed by atoms with Crippen LogP contribution in [0.1, 0.15) is 25.3 Å². The standard InChI is InChI=1S/C10H14BFO3/c1-6(2)7-4-10(15-11-13)9(14-3)5-8(7)12/h4-6,11,13H,1-3H3. The number of methoxy groups -OCH3 is 1. The number of ether oxygens (including phenoxy) is 1. The molecule has 1 aromatic carbocycles. The summed E-state index contributed by atoms with van der Waals surface area (Å²) >= 11 is 0. The van der Waals surface area contributed by atoms with Gasteiger partial charge in [-0.1, -0.05) is 13.8 Å². The van der Waals surface area contributed by atoms with Crippen molar-refractivity contribution in [2.24, 2.45) is 0 Å². The van der Waals surface area contributed by atoms with Crippen LogP contribution in [0.5, 0.6) is 11.5 Å². The van der Waals surface area contributed by atoms with E-state index in [4.69, 9.17) is 14.4 Å². The first-order chi connectivity index (χ1) is 7.10. The van der Waals surface area contributed by atoms with Gasteiger partial charge in [0.1, 0.15) is 11.6 Å². The largest absolute Gasteiger partial charge is 0.536 e. The minimum Gasteiger partial charge on any atom is -0.536 e. The van der Waals surface area contributed by atoms with E-state index >= 15 is 0 Å². The van der Waals surface area contributed by atoms with Crippen LogP contribution in [0, 0.1) is 5.82 Å². The summed E-state index contributed by atoms with van der Waals surface area (Å²) in [6.45, 7) is 3.77. The van der Waals surface area contributed by atoms with E-state index in [0.717, 1.165) is 0 Å². The van der Waals surface area contributed by atoms with Gasteiger partial charge >= 0.3 is 7.69 Å². The third-order valence-electron chi connectivity index (χ3n) is 2.13. The zero-order chi connectivity index (χ0) is 11.4. The summed E-state index contributed by atoms with van der Waals surface area (Å²) < 4.78 is 23.4. The molecule has 0 aliphatic rings. The Morgan fingerprint density at radius 2 is 2.00 bits per heavy atom. The van der Waals surface area contributed by atoms with Gasteiger partial charge < -0.3 is 14.4 Å². The van der Waals surface area contributed by atoms with E-state index < -0.39 is 7.69 Å². The molecule has 5 heteroatoms. The van der Waals surface area contributed by atoms with Crippen LogP contribution in [-0.4, -0.2) is 19.8 Å². The van der Waals surface area contributed by atoms with E-state index in [1.807, 2.05) is 13.8 Å². The van der Waals surface area contributed by atoms with E-state index in [9.17, 15) is 4.39 Å². The number of benzene rings is 1. The average Bonchev–Trinajstić information content (AvgIpc) is 2.20. The number of rotatable bonds is 4. The molecule has 0 amide bonds. The van der Waals surface area contributed by atoms with Gasteiger partial charge in [-0.05, 0) is 17.5 Å². The van der Waals surface area contributed by atoms with Crippen molar-refractivity contribution in [2.75, 3.05) is 7.11 Å². The Labute approximate surface area is 89.1 Å². The smallest absolute Gasteiger partial charge is 0.504 e. The molecular weight excluding hydrogens is 198 g/mol. The Morgan fingerprint density at radius 3 is 2.47 bits per heavy atom. The van der Waals surface area contributed by atoms with Crippen LogP contribution in [0.2, 0.25) is 0 Å². The van der Waals surface area contributed by atoms with Crippen molar-refractivity contribution in [3.05, 3.63) is 23.5 Å². The molecule has 1 rings (SSSR count). The fourth-order valence-electron chi connectivity index (χ4n) is 1.34. The van der Waals surface area contributed by atoms with Crippen LogP contribution in [-0.2, 0) is 0 Å². The highest BCUT2D eigenvalue weighted by Gasteiger charge is 2.13. The van der Waals surface area contributed by atoms with Crippen molar-refractivity contribution in [2.45, 2.75) is 19.8 Å². The van der Waals surface area contributed by atoms with E-state index in [1.54, 1.807) is 6.07 Å². The maximum Gasteiger partial charge on any atom is 0.504 e. The lowest BCUT2D eigenvalue weighted by Gasteiger charge is -2.13. The van der Waals surface area contributed by atoms with Crippen LogP contribution >= 0.6 is 0 Å².